The topological polar surface area (TPSA) is 110 Å². The third-order valence-corrected chi connectivity index (χ3v) is 7.30. The van der Waals surface area contributed by atoms with E-state index < -0.39 is 0 Å². The van der Waals surface area contributed by atoms with Crippen molar-refractivity contribution >= 4 is 34.7 Å². The van der Waals surface area contributed by atoms with E-state index >= 15 is 0 Å². The molecule has 2 N–H and O–H groups in total. The molecule has 0 saturated carbocycles. The average molecular weight is 514 g/mol. The fourth-order valence-corrected chi connectivity index (χ4v) is 5.20. The van der Waals surface area contributed by atoms with E-state index in [1.807, 2.05) is 42.9 Å². The zero-order valence-corrected chi connectivity index (χ0v) is 21.5. The maximum Gasteiger partial charge on any atom is 0.272 e. The summed E-state index contributed by atoms with van der Waals surface area (Å²) in [5.74, 6) is 1.94. The summed E-state index contributed by atoms with van der Waals surface area (Å²) in [5, 5.41) is 2.95. The molecular weight excluding hydrogens is 484 g/mol. The molecule has 1 atom stereocenters. The van der Waals surface area contributed by atoms with Gasteiger partial charge in [0, 0.05) is 25.2 Å². The number of pyridine rings is 1. The summed E-state index contributed by atoms with van der Waals surface area (Å²) in [7, 11) is 5.26. The van der Waals surface area contributed by atoms with Gasteiger partial charge in [0.15, 0.2) is 5.70 Å². The van der Waals surface area contributed by atoms with Gasteiger partial charge in [0.1, 0.15) is 23.3 Å². The lowest BCUT2D eigenvalue weighted by Gasteiger charge is -2.29. The van der Waals surface area contributed by atoms with Crippen LogP contribution in [0.5, 0.6) is 11.6 Å². The number of aliphatic imine (C=N–C) groups is 2. The van der Waals surface area contributed by atoms with Crippen molar-refractivity contribution in [3.63, 3.8) is 0 Å². The molecule has 0 aliphatic carbocycles. The first-order chi connectivity index (χ1) is 18.5. The van der Waals surface area contributed by atoms with Gasteiger partial charge in [-0.3, -0.25) is 9.79 Å². The van der Waals surface area contributed by atoms with Crippen LogP contribution in [0.1, 0.15) is 28.9 Å². The number of quaternary nitrogens is 1. The number of carbonyl (C=O) groups is 1. The second-order valence-electron chi connectivity index (χ2n) is 9.58. The van der Waals surface area contributed by atoms with E-state index in [4.69, 9.17) is 19.2 Å². The van der Waals surface area contributed by atoms with Crippen LogP contribution in [0.4, 0.5) is 5.69 Å². The third-order valence-electron chi connectivity index (χ3n) is 7.30. The Morgan fingerprint density at radius 1 is 1.13 bits per heavy atom. The first-order valence-corrected chi connectivity index (χ1v) is 12.5. The Hall–Kier alpha value is -4.28. The summed E-state index contributed by atoms with van der Waals surface area (Å²) >= 11 is 0. The molecule has 1 amide bonds. The minimum absolute atomic E-state index is 0.300. The average Bonchev–Trinajstić information content (AvgIpc) is 3.52. The first kappa shape index (κ1) is 24.1. The minimum Gasteiger partial charge on any atom is -0.495 e. The van der Waals surface area contributed by atoms with Crippen molar-refractivity contribution in [3.8, 4) is 11.6 Å². The van der Waals surface area contributed by atoms with E-state index in [1.54, 1.807) is 26.4 Å². The maximum atomic E-state index is 13.1. The minimum atomic E-state index is -0.300. The molecule has 38 heavy (non-hydrogen) atoms. The van der Waals surface area contributed by atoms with Crippen LogP contribution in [0.25, 0.3) is 11.0 Å². The van der Waals surface area contributed by atoms with Crippen LogP contribution in [0.3, 0.4) is 0 Å². The number of carbonyl (C=O) groups excluding carboxylic acids is 1. The van der Waals surface area contributed by atoms with Crippen molar-refractivity contribution in [1.82, 2.24) is 9.97 Å². The van der Waals surface area contributed by atoms with Gasteiger partial charge in [-0.25, -0.2) is 9.47 Å². The molecule has 6 rings (SSSR count). The van der Waals surface area contributed by atoms with E-state index in [1.165, 1.54) is 0 Å². The van der Waals surface area contributed by atoms with Crippen LogP contribution in [0.2, 0.25) is 0 Å². The predicted molar refractivity (Wildman–Crippen MR) is 145 cm³/mol. The number of rotatable bonds is 6. The van der Waals surface area contributed by atoms with Gasteiger partial charge in [-0.15, -0.1) is 0 Å². The number of nitrogens with one attached hydrogen (secondary N) is 2. The van der Waals surface area contributed by atoms with E-state index in [-0.39, 0.29) is 5.91 Å². The van der Waals surface area contributed by atoms with E-state index in [2.05, 4.69) is 27.3 Å². The largest absolute Gasteiger partial charge is 0.495 e. The quantitative estimate of drug-likeness (QED) is 0.480. The zero-order chi connectivity index (χ0) is 26.3. The fraction of sp³-hybridized carbons (Fsp3) is 0.286. The van der Waals surface area contributed by atoms with Crippen molar-refractivity contribution in [3.05, 3.63) is 71.4 Å². The summed E-state index contributed by atoms with van der Waals surface area (Å²) in [5.41, 5.74) is 5.39. The molecule has 1 fully saturated rings. The highest BCUT2D eigenvalue weighted by atomic mass is 16.5. The lowest BCUT2D eigenvalue weighted by atomic mass is 9.95. The molecule has 1 aromatic carbocycles. The molecule has 0 spiro atoms. The number of amidine groups is 1. The van der Waals surface area contributed by atoms with Crippen LogP contribution in [0, 0.1) is 5.92 Å². The van der Waals surface area contributed by atoms with Gasteiger partial charge in [-0.1, -0.05) is 0 Å². The van der Waals surface area contributed by atoms with Crippen LogP contribution in [-0.2, 0) is 4.74 Å². The summed E-state index contributed by atoms with van der Waals surface area (Å²) in [6.45, 7) is 1.48. The number of amides is 1. The molecule has 1 unspecified atom stereocenters. The van der Waals surface area contributed by atoms with Crippen molar-refractivity contribution in [1.29, 1.82) is 0 Å². The lowest BCUT2D eigenvalue weighted by Crippen LogP contribution is -2.43. The van der Waals surface area contributed by atoms with Gasteiger partial charge >= 0.3 is 0 Å². The van der Waals surface area contributed by atoms with E-state index in [0.29, 0.717) is 38.9 Å². The van der Waals surface area contributed by atoms with Crippen LogP contribution in [0.15, 0.2) is 70.2 Å². The Bertz CT molecular complexity index is 1550. The molecule has 0 radical (unpaired) electrons. The first-order valence-electron chi connectivity index (χ1n) is 12.5. The molecule has 1 saturated heterocycles. The number of nitrogens with zero attached hydrogens (tertiary/aromatic N) is 4. The molecule has 0 bridgehead atoms. The number of aromatic nitrogens is 2. The Labute approximate surface area is 219 Å². The summed E-state index contributed by atoms with van der Waals surface area (Å²) in [4.78, 5) is 30.1. The summed E-state index contributed by atoms with van der Waals surface area (Å²) in [6.07, 6.45) is 7.65. The van der Waals surface area contributed by atoms with Gasteiger partial charge in [-0.2, -0.15) is 4.99 Å². The SMILES string of the molecule is COc1ccc2[nH]c(C(=O)Nc3ccc(C4=NC(C5CCOCC5)=C5C=NC=C[N+]45C)cc3OC)cc2n1. The number of ether oxygens (including phenoxy) is 3. The summed E-state index contributed by atoms with van der Waals surface area (Å²) in [6, 6.07) is 11.0. The maximum absolute atomic E-state index is 13.1. The Morgan fingerprint density at radius 2 is 1.97 bits per heavy atom. The van der Waals surface area contributed by atoms with Gasteiger partial charge in [0.2, 0.25) is 11.7 Å². The van der Waals surface area contributed by atoms with Gasteiger partial charge < -0.3 is 24.5 Å². The van der Waals surface area contributed by atoms with Crippen LogP contribution in [-0.4, -0.2) is 66.9 Å². The Balaban J connectivity index is 1.29. The molecule has 2 aromatic heterocycles. The number of fused-ring (bicyclic) bond motifs is 2. The zero-order valence-electron chi connectivity index (χ0n) is 21.5. The Kier molecular flexibility index (Phi) is 6.05. The molecular formula is C28H29N6O4+. The van der Waals surface area contributed by atoms with Crippen molar-refractivity contribution in [2.24, 2.45) is 15.9 Å². The van der Waals surface area contributed by atoms with Gasteiger partial charge in [0.05, 0.1) is 56.0 Å². The van der Waals surface area contributed by atoms with Crippen LogP contribution >= 0.6 is 0 Å². The number of allylic oxidation sites excluding steroid dienone is 2. The predicted octanol–water partition coefficient (Wildman–Crippen LogP) is 4.23. The highest BCUT2D eigenvalue weighted by molar-refractivity contribution is 6.07. The standard InChI is InChI=1S/C28H28N6O4/c1-34-11-10-29-16-23(34)26(17-8-12-38-13-9-17)33-27(34)18-4-5-20(24(14-18)36-2)32-28(35)22-15-21-19(30-22)6-7-25(31-21)37-3/h4-7,10-11,14-17H,8-9,12-13H2,1-3H3,(H-,29,30,31,32,33,35)/p+1. The smallest absolute Gasteiger partial charge is 0.272 e. The van der Waals surface area contributed by atoms with Crippen molar-refractivity contribution in [2.45, 2.75) is 12.8 Å². The molecule has 5 heterocycles. The van der Waals surface area contributed by atoms with Gasteiger partial charge in [0.25, 0.3) is 5.91 Å². The number of methoxy groups -OCH3 is 2. The number of H-pyrrole nitrogens is 1. The number of anilines is 1. The van der Waals surface area contributed by atoms with E-state index in [0.717, 1.165) is 54.4 Å². The lowest BCUT2D eigenvalue weighted by molar-refractivity contribution is -0.713. The molecule has 194 valence electrons. The highest BCUT2D eigenvalue weighted by Gasteiger charge is 2.44. The number of aromatic amines is 1. The Morgan fingerprint density at radius 3 is 2.76 bits per heavy atom. The molecule has 10 nitrogen and oxygen atoms in total. The monoisotopic (exact) mass is 513 g/mol. The second-order valence-corrected chi connectivity index (χ2v) is 9.58. The molecule has 3 aromatic rings. The molecule has 3 aliphatic heterocycles. The normalized spacial score (nSPS) is 21.0. The molecule has 10 heteroatoms. The van der Waals surface area contributed by atoms with Gasteiger partial charge in [-0.05, 0) is 43.2 Å². The van der Waals surface area contributed by atoms with Crippen molar-refractivity contribution in [2.75, 3.05) is 39.8 Å². The van der Waals surface area contributed by atoms with E-state index in [9.17, 15) is 4.79 Å². The third kappa shape index (κ3) is 4.07. The number of hydrogen-bond donors (Lipinski definition) is 2. The fourth-order valence-electron chi connectivity index (χ4n) is 5.20. The molecule has 3 aliphatic rings. The second kappa shape index (κ2) is 9.55. The summed E-state index contributed by atoms with van der Waals surface area (Å²) < 4.78 is 16.9. The number of hydrogen-bond acceptors (Lipinski definition) is 7. The number of benzene rings is 1. The van der Waals surface area contributed by atoms with Crippen LogP contribution < -0.4 is 14.8 Å². The van der Waals surface area contributed by atoms with Crippen molar-refractivity contribution < 1.29 is 23.5 Å². The highest BCUT2D eigenvalue weighted by Crippen LogP contribution is 2.40.